The molecule has 0 spiro atoms. The van der Waals surface area contributed by atoms with Gasteiger partial charge in [-0.3, -0.25) is 0 Å². The molecule has 1 fully saturated rings. The number of hydrazone groups is 1. The maximum absolute atomic E-state index is 14.2. The first kappa shape index (κ1) is 18.0. The number of anilines is 2. The fourth-order valence-corrected chi connectivity index (χ4v) is 3.33. The van der Waals surface area contributed by atoms with Gasteiger partial charge in [0.1, 0.15) is 13.6 Å². The molecule has 4 rings (SSSR count). The Kier molecular flexibility index (Phi) is 4.88. The molecule has 7 nitrogen and oxygen atoms in total. The number of morpholine rings is 1. The van der Waals surface area contributed by atoms with E-state index in [-0.39, 0.29) is 16.6 Å². The van der Waals surface area contributed by atoms with Crippen LogP contribution in [0.2, 0.25) is 5.02 Å². The second kappa shape index (κ2) is 7.32. The highest BCUT2D eigenvalue weighted by atomic mass is 35.5. The maximum atomic E-state index is 14.2. The quantitative estimate of drug-likeness (QED) is 0.798. The molecule has 0 saturated carbocycles. The van der Waals surface area contributed by atoms with Crippen LogP contribution in [0.4, 0.5) is 16.2 Å². The van der Waals surface area contributed by atoms with E-state index in [1.807, 2.05) is 4.90 Å². The summed E-state index contributed by atoms with van der Waals surface area (Å²) in [6.45, 7) is 2.69. The summed E-state index contributed by atoms with van der Waals surface area (Å²) in [5.41, 5.74) is 1.52. The monoisotopic (exact) mass is 387 g/mol. The molecule has 2 aliphatic heterocycles. The molecule has 10 heteroatoms. The highest BCUT2D eigenvalue weighted by molar-refractivity contribution is 6.38. The molecule has 0 aliphatic carbocycles. The summed E-state index contributed by atoms with van der Waals surface area (Å²) in [4.78, 5) is 10.2. The van der Waals surface area contributed by atoms with E-state index in [2.05, 4.69) is 15.1 Å². The number of nitrogens with zero attached hydrogens (tertiary/aromatic N) is 5. The lowest BCUT2D eigenvalue weighted by atomic mass is 9.92. The van der Waals surface area contributed by atoms with Crippen molar-refractivity contribution >= 4 is 42.4 Å². The van der Waals surface area contributed by atoms with Gasteiger partial charge in [0.2, 0.25) is 5.95 Å². The van der Waals surface area contributed by atoms with Crippen molar-refractivity contribution in [1.29, 1.82) is 0 Å². The summed E-state index contributed by atoms with van der Waals surface area (Å²) in [6.07, 6.45) is 1.69. The summed E-state index contributed by atoms with van der Waals surface area (Å²) in [5, 5.41) is 16.4. The molecule has 0 bridgehead atoms. The molecule has 2 aliphatic rings. The van der Waals surface area contributed by atoms with Gasteiger partial charge in [-0.2, -0.15) is 10.1 Å². The predicted molar refractivity (Wildman–Crippen MR) is 102 cm³/mol. The van der Waals surface area contributed by atoms with Crippen molar-refractivity contribution in [1.82, 2.24) is 9.97 Å². The van der Waals surface area contributed by atoms with E-state index in [0.29, 0.717) is 62.0 Å². The van der Waals surface area contributed by atoms with Gasteiger partial charge >= 0.3 is 0 Å². The Labute approximate surface area is 161 Å². The lowest BCUT2D eigenvalue weighted by Gasteiger charge is -2.28. The second-order valence-corrected chi connectivity index (χ2v) is 6.67. The average molecular weight is 388 g/mol. The molecule has 0 atom stereocenters. The van der Waals surface area contributed by atoms with Gasteiger partial charge in [0.05, 0.1) is 36.7 Å². The van der Waals surface area contributed by atoms with Crippen LogP contribution in [0.5, 0.6) is 5.75 Å². The highest BCUT2D eigenvalue weighted by Gasteiger charge is 2.25. The number of benzene rings is 1. The van der Waals surface area contributed by atoms with Gasteiger partial charge in [0.15, 0.2) is 11.6 Å². The summed E-state index contributed by atoms with van der Waals surface area (Å²) < 4.78 is 19.5. The van der Waals surface area contributed by atoms with Crippen LogP contribution in [0.15, 0.2) is 23.4 Å². The normalized spacial score (nSPS) is 17.3. The Morgan fingerprint density at radius 3 is 2.78 bits per heavy atom. The van der Waals surface area contributed by atoms with Gasteiger partial charge in [-0.15, -0.1) is 0 Å². The number of ether oxygens (including phenoxy) is 1. The van der Waals surface area contributed by atoms with Crippen LogP contribution in [0.3, 0.4) is 0 Å². The lowest BCUT2D eigenvalue weighted by molar-refractivity contribution is 0.122. The SMILES string of the molecule is [B]c1cc(Cl)c(O)c(C2=NN(c3ncc(F)c(N4CCOCC4)n3)CC2)c1. The Hall–Kier alpha value is -2.39. The first-order chi connectivity index (χ1) is 13.0. The zero-order chi connectivity index (χ0) is 19.0. The van der Waals surface area contributed by atoms with Gasteiger partial charge in [-0.1, -0.05) is 23.1 Å². The molecule has 0 unspecified atom stereocenters. The first-order valence-electron chi connectivity index (χ1n) is 8.51. The third-order valence-corrected chi connectivity index (χ3v) is 4.74. The van der Waals surface area contributed by atoms with Crippen LogP contribution in [0, 0.1) is 5.82 Å². The van der Waals surface area contributed by atoms with E-state index >= 15 is 0 Å². The van der Waals surface area contributed by atoms with Gasteiger partial charge < -0.3 is 14.7 Å². The number of hydrogen-bond donors (Lipinski definition) is 1. The van der Waals surface area contributed by atoms with Crippen LogP contribution in [-0.4, -0.2) is 61.5 Å². The molecule has 1 N–H and O–H groups in total. The van der Waals surface area contributed by atoms with Crippen LogP contribution in [0.25, 0.3) is 0 Å². The van der Waals surface area contributed by atoms with Crippen molar-refractivity contribution in [3.05, 3.63) is 34.7 Å². The second-order valence-electron chi connectivity index (χ2n) is 6.26. The molecule has 1 saturated heterocycles. The Bertz CT molecular complexity index is 907. The number of halogens is 2. The number of aromatic nitrogens is 2. The minimum absolute atomic E-state index is 0.0690. The third-order valence-electron chi connectivity index (χ3n) is 4.45. The topological polar surface area (TPSA) is 74.1 Å². The predicted octanol–water partition coefficient (Wildman–Crippen LogP) is 1.22. The first-order valence-corrected chi connectivity index (χ1v) is 8.89. The molecule has 1 aromatic carbocycles. The number of aromatic hydroxyl groups is 1. The molecule has 2 aromatic rings. The summed E-state index contributed by atoms with van der Waals surface area (Å²) in [5.74, 6) is -0.0195. The number of phenolic OH excluding ortho intramolecular Hbond substituents is 1. The van der Waals surface area contributed by atoms with Crippen molar-refractivity contribution in [3.63, 3.8) is 0 Å². The zero-order valence-electron chi connectivity index (χ0n) is 14.4. The van der Waals surface area contributed by atoms with E-state index in [9.17, 15) is 9.50 Å². The molecule has 3 heterocycles. The van der Waals surface area contributed by atoms with Crippen molar-refractivity contribution in [3.8, 4) is 5.75 Å². The molecular formula is C17H16BClFN5O2. The van der Waals surface area contributed by atoms with Gasteiger partial charge in [-0.05, 0) is 6.07 Å². The molecule has 138 valence electrons. The van der Waals surface area contributed by atoms with E-state index in [1.165, 1.54) is 6.07 Å². The summed E-state index contributed by atoms with van der Waals surface area (Å²) >= 11 is 5.99. The number of rotatable bonds is 3. The average Bonchev–Trinajstić information content (AvgIpc) is 3.15. The molecule has 0 amide bonds. The van der Waals surface area contributed by atoms with Gasteiger partial charge in [-0.25, -0.2) is 14.4 Å². The summed E-state index contributed by atoms with van der Waals surface area (Å²) in [7, 11) is 5.81. The highest BCUT2D eigenvalue weighted by Crippen LogP contribution is 2.30. The Morgan fingerprint density at radius 1 is 1.22 bits per heavy atom. The zero-order valence-corrected chi connectivity index (χ0v) is 15.2. The van der Waals surface area contributed by atoms with Gasteiger partial charge in [0.25, 0.3) is 0 Å². The smallest absolute Gasteiger partial charge is 0.248 e. The minimum atomic E-state index is -0.482. The van der Waals surface area contributed by atoms with E-state index in [0.717, 1.165) is 6.20 Å². The third kappa shape index (κ3) is 3.57. The molecule has 2 radical (unpaired) electrons. The van der Waals surface area contributed by atoms with Crippen LogP contribution < -0.4 is 15.4 Å². The van der Waals surface area contributed by atoms with E-state index < -0.39 is 5.82 Å². The summed E-state index contributed by atoms with van der Waals surface area (Å²) in [6, 6.07) is 3.10. The van der Waals surface area contributed by atoms with Crippen molar-refractivity contribution < 1.29 is 14.2 Å². The van der Waals surface area contributed by atoms with E-state index in [4.69, 9.17) is 24.2 Å². The largest absolute Gasteiger partial charge is 0.506 e. The van der Waals surface area contributed by atoms with Crippen LogP contribution in [0.1, 0.15) is 12.0 Å². The minimum Gasteiger partial charge on any atom is -0.506 e. The Morgan fingerprint density at radius 2 is 2.00 bits per heavy atom. The molecule has 27 heavy (non-hydrogen) atoms. The van der Waals surface area contributed by atoms with Crippen molar-refractivity contribution in [2.75, 3.05) is 42.8 Å². The molecular weight excluding hydrogens is 371 g/mol. The fraction of sp³-hybridized carbons (Fsp3) is 0.353. The van der Waals surface area contributed by atoms with Crippen LogP contribution >= 0.6 is 11.6 Å². The Balaban J connectivity index is 1.63. The van der Waals surface area contributed by atoms with E-state index in [1.54, 1.807) is 11.1 Å². The van der Waals surface area contributed by atoms with Crippen molar-refractivity contribution in [2.45, 2.75) is 6.42 Å². The van der Waals surface area contributed by atoms with Gasteiger partial charge in [0, 0.05) is 25.1 Å². The standard InChI is InChI=1S/C17H16BClFN5O2/c18-10-7-11(15(26)12(19)8-10)14-1-2-25(23-14)17-21-9-13(20)16(22-17)24-3-5-27-6-4-24/h7-9,26H,1-6H2. The number of phenols is 1. The number of hydrogen-bond acceptors (Lipinski definition) is 7. The fourth-order valence-electron chi connectivity index (χ4n) is 3.10. The van der Waals surface area contributed by atoms with Crippen molar-refractivity contribution in [2.24, 2.45) is 5.10 Å². The lowest BCUT2D eigenvalue weighted by Crippen LogP contribution is -2.37. The maximum Gasteiger partial charge on any atom is 0.248 e. The van der Waals surface area contributed by atoms with Crippen LogP contribution in [-0.2, 0) is 4.74 Å². The molecule has 1 aromatic heterocycles.